The molecule has 0 aliphatic carbocycles. The van der Waals surface area contributed by atoms with E-state index < -0.39 is 0 Å². The van der Waals surface area contributed by atoms with E-state index in [0.717, 1.165) is 10.0 Å². The molecule has 21 heavy (non-hydrogen) atoms. The molecule has 2 aromatic carbocycles. The number of aromatic nitrogens is 4. The summed E-state index contributed by atoms with van der Waals surface area (Å²) in [5.74, 6) is 0.526. The molecule has 1 aromatic heterocycles. The number of nitrogen functional groups attached to an aromatic ring is 1. The van der Waals surface area contributed by atoms with Gasteiger partial charge >= 0.3 is 0 Å². The molecule has 0 radical (unpaired) electrons. The first kappa shape index (κ1) is 14.3. The first-order chi connectivity index (χ1) is 10.1. The number of halogens is 3. The van der Waals surface area contributed by atoms with Gasteiger partial charge in [-0.3, -0.25) is 0 Å². The minimum Gasteiger partial charge on any atom is -0.398 e. The summed E-state index contributed by atoms with van der Waals surface area (Å²) in [5.41, 5.74) is 7.70. The lowest BCUT2D eigenvalue weighted by Gasteiger charge is -2.08. The van der Waals surface area contributed by atoms with Crippen LogP contribution in [0.3, 0.4) is 0 Å². The zero-order chi connectivity index (χ0) is 15.0. The predicted octanol–water partition coefficient (Wildman–Crippen LogP) is 3.98. The molecule has 1 heterocycles. The van der Waals surface area contributed by atoms with Crippen LogP contribution in [0, 0.1) is 0 Å². The molecule has 0 amide bonds. The van der Waals surface area contributed by atoms with Crippen LogP contribution >= 0.6 is 39.1 Å². The molecule has 0 bridgehead atoms. The Hall–Kier alpha value is -1.63. The number of nitrogens with two attached hydrogens (primary N) is 1. The van der Waals surface area contributed by atoms with E-state index in [-0.39, 0.29) is 0 Å². The zero-order valence-corrected chi connectivity index (χ0v) is 13.6. The molecule has 0 aliphatic rings. The van der Waals surface area contributed by atoms with Crippen molar-refractivity contribution in [2.75, 3.05) is 5.73 Å². The third-order valence-electron chi connectivity index (χ3n) is 2.86. The molecule has 0 saturated carbocycles. The summed E-state index contributed by atoms with van der Waals surface area (Å²) in [6.07, 6.45) is 0. The van der Waals surface area contributed by atoms with E-state index in [9.17, 15) is 0 Å². The molecule has 0 aliphatic heterocycles. The lowest BCUT2D eigenvalue weighted by molar-refractivity contribution is 0.791. The number of hydrogen-bond donors (Lipinski definition) is 1. The molecule has 106 valence electrons. The number of rotatable bonds is 2. The van der Waals surface area contributed by atoms with Gasteiger partial charge in [-0.2, -0.15) is 4.68 Å². The summed E-state index contributed by atoms with van der Waals surface area (Å²) >= 11 is 15.6. The van der Waals surface area contributed by atoms with Gasteiger partial charge in [-0.25, -0.2) is 0 Å². The highest BCUT2D eigenvalue weighted by atomic mass is 79.9. The second kappa shape index (κ2) is 5.63. The third kappa shape index (κ3) is 2.74. The SMILES string of the molecule is Nc1cc(-c2nnnn2-c2cc(Br)ccc2Cl)ccc1Cl. The van der Waals surface area contributed by atoms with Gasteiger partial charge in [-0.1, -0.05) is 39.1 Å². The molecule has 0 saturated heterocycles. The molecule has 0 fully saturated rings. The van der Waals surface area contributed by atoms with E-state index in [0.29, 0.717) is 27.2 Å². The van der Waals surface area contributed by atoms with Gasteiger partial charge in [0.2, 0.25) is 0 Å². The van der Waals surface area contributed by atoms with Crippen LogP contribution in [0.5, 0.6) is 0 Å². The van der Waals surface area contributed by atoms with Gasteiger partial charge in [0.15, 0.2) is 5.82 Å². The summed E-state index contributed by atoms with van der Waals surface area (Å²) in [7, 11) is 0. The van der Waals surface area contributed by atoms with Gasteiger partial charge in [0.1, 0.15) is 0 Å². The highest BCUT2D eigenvalue weighted by molar-refractivity contribution is 9.10. The van der Waals surface area contributed by atoms with Crippen LogP contribution in [0.15, 0.2) is 40.9 Å². The van der Waals surface area contributed by atoms with E-state index in [1.54, 1.807) is 28.9 Å². The molecule has 8 heteroatoms. The molecule has 0 spiro atoms. The number of hydrogen-bond acceptors (Lipinski definition) is 4. The van der Waals surface area contributed by atoms with Gasteiger partial charge < -0.3 is 5.73 Å². The Kier molecular flexibility index (Phi) is 3.84. The number of benzene rings is 2. The van der Waals surface area contributed by atoms with Gasteiger partial charge in [0.25, 0.3) is 0 Å². The Labute approximate surface area is 138 Å². The average Bonchev–Trinajstić information content (AvgIpc) is 2.93. The summed E-state index contributed by atoms with van der Waals surface area (Å²) < 4.78 is 2.43. The van der Waals surface area contributed by atoms with Crippen molar-refractivity contribution in [1.82, 2.24) is 20.2 Å². The van der Waals surface area contributed by atoms with Crippen LogP contribution in [0.25, 0.3) is 17.1 Å². The molecule has 5 nitrogen and oxygen atoms in total. The molecule has 2 N–H and O–H groups in total. The lowest BCUT2D eigenvalue weighted by Crippen LogP contribution is -2.01. The molecular weight excluding hydrogens is 377 g/mol. The van der Waals surface area contributed by atoms with E-state index >= 15 is 0 Å². The van der Waals surface area contributed by atoms with Gasteiger partial charge in [-0.15, -0.1) is 5.10 Å². The van der Waals surface area contributed by atoms with Crippen LogP contribution in [0.4, 0.5) is 5.69 Å². The molecule has 0 unspecified atom stereocenters. The highest BCUT2D eigenvalue weighted by Gasteiger charge is 2.14. The van der Waals surface area contributed by atoms with Crippen molar-refractivity contribution in [2.24, 2.45) is 0 Å². The minimum absolute atomic E-state index is 0.462. The Balaban J connectivity index is 2.17. The van der Waals surface area contributed by atoms with E-state index in [4.69, 9.17) is 28.9 Å². The third-order valence-corrected chi connectivity index (χ3v) is 4.02. The molecule has 3 aromatic rings. The average molecular weight is 385 g/mol. The van der Waals surface area contributed by atoms with Crippen molar-refractivity contribution in [1.29, 1.82) is 0 Å². The van der Waals surface area contributed by atoms with Crippen molar-refractivity contribution >= 4 is 44.8 Å². The van der Waals surface area contributed by atoms with Crippen LogP contribution in [0.1, 0.15) is 0 Å². The normalized spacial score (nSPS) is 10.8. The van der Waals surface area contributed by atoms with Crippen molar-refractivity contribution in [3.05, 3.63) is 50.9 Å². The quantitative estimate of drug-likeness (QED) is 0.678. The largest absolute Gasteiger partial charge is 0.398 e. The molecule has 3 rings (SSSR count). The van der Waals surface area contributed by atoms with E-state index in [1.165, 1.54) is 0 Å². The van der Waals surface area contributed by atoms with Crippen molar-refractivity contribution in [3.8, 4) is 17.1 Å². The first-order valence-corrected chi connectivity index (χ1v) is 7.40. The fourth-order valence-corrected chi connectivity index (χ4v) is 2.52. The summed E-state index contributed by atoms with van der Waals surface area (Å²) in [4.78, 5) is 0. The lowest BCUT2D eigenvalue weighted by atomic mass is 10.2. The Morgan fingerprint density at radius 2 is 1.81 bits per heavy atom. The first-order valence-electron chi connectivity index (χ1n) is 5.85. The number of anilines is 1. The summed E-state index contributed by atoms with van der Waals surface area (Å²) in [6.45, 7) is 0. The number of nitrogens with zero attached hydrogens (tertiary/aromatic N) is 4. The standard InChI is InChI=1S/C13H8BrCl2N5/c14-8-2-4-10(16)12(6-8)21-13(18-19-20-21)7-1-3-9(15)11(17)5-7/h1-6H,17H2. The fourth-order valence-electron chi connectivity index (χ4n) is 1.86. The molecule has 0 atom stereocenters. The topological polar surface area (TPSA) is 69.6 Å². The maximum atomic E-state index is 6.22. The highest BCUT2D eigenvalue weighted by Crippen LogP contribution is 2.29. The van der Waals surface area contributed by atoms with Crippen molar-refractivity contribution < 1.29 is 0 Å². The Bertz CT molecular complexity index is 818. The van der Waals surface area contributed by atoms with Gasteiger partial charge in [0.05, 0.1) is 21.4 Å². The van der Waals surface area contributed by atoms with E-state index in [1.807, 2.05) is 12.1 Å². The second-order valence-electron chi connectivity index (χ2n) is 4.25. The maximum absolute atomic E-state index is 6.22. The van der Waals surface area contributed by atoms with Crippen LogP contribution < -0.4 is 5.73 Å². The van der Waals surface area contributed by atoms with Gasteiger partial charge in [0, 0.05) is 10.0 Å². The molecular formula is C13H8BrCl2N5. The monoisotopic (exact) mass is 383 g/mol. The Morgan fingerprint density at radius 1 is 1.05 bits per heavy atom. The fraction of sp³-hybridized carbons (Fsp3) is 0. The summed E-state index contributed by atoms with van der Waals surface area (Å²) in [5, 5.41) is 12.8. The smallest absolute Gasteiger partial charge is 0.187 e. The van der Waals surface area contributed by atoms with Crippen LogP contribution in [-0.4, -0.2) is 20.2 Å². The zero-order valence-electron chi connectivity index (χ0n) is 10.5. The van der Waals surface area contributed by atoms with Crippen molar-refractivity contribution in [2.45, 2.75) is 0 Å². The summed E-state index contributed by atoms with van der Waals surface area (Å²) in [6, 6.07) is 10.7. The minimum atomic E-state index is 0.462. The predicted molar refractivity (Wildman–Crippen MR) is 86.7 cm³/mol. The van der Waals surface area contributed by atoms with Crippen LogP contribution in [-0.2, 0) is 0 Å². The second-order valence-corrected chi connectivity index (χ2v) is 5.98. The van der Waals surface area contributed by atoms with Gasteiger partial charge in [-0.05, 0) is 46.8 Å². The van der Waals surface area contributed by atoms with Crippen LogP contribution in [0.2, 0.25) is 10.0 Å². The number of tetrazole rings is 1. The maximum Gasteiger partial charge on any atom is 0.187 e. The van der Waals surface area contributed by atoms with E-state index in [2.05, 4.69) is 31.5 Å². The van der Waals surface area contributed by atoms with Crippen molar-refractivity contribution in [3.63, 3.8) is 0 Å². The Morgan fingerprint density at radius 3 is 2.57 bits per heavy atom.